The molecule has 0 saturated carbocycles. The first-order chi connectivity index (χ1) is 13.4. The van der Waals surface area contributed by atoms with Crippen molar-refractivity contribution in [2.75, 3.05) is 17.1 Å². The highest BCUT2D eigenvalue weighted by atomic mass is 32.2. The summed E-state index contributed by atoms with van der Waals surface area (Å²) >= 11 is 0. The lowest BCUT2D eigenvalue weighted by Crippen LogP contribution is -2.15. The summed E-state index contributed by atoms with van der Waals surface area (Å²) in [5.41, 5.74) is 1.98. The van der Waals surface area contributed by atoms with Crippen molar-refractivity contribution in [1.29, 1.82) is 0 Å². The molecular formula is C20H19N3O4S. The van der Waals surface area contributed by atoms with Crippen molar-refractivity contribution in [2.45, 2.75) is 11.8 Å². The molecule has 2 aromatic carbocycles. The number of pyridine rings is 1. The molecule has 3 rings (SSSR count). The van der Waals surface area contributed by atoms with Gasteiger partial charge in [0.05, 0.1) is 12.8 Å². The molecule has 0 aliphatic carbocycles. The predicted molar refractivity (Wildman–Crippen MR) is 107 cm³/mol. The molecule has 0 fully saturated rings. The first-order valence-electron chi connectivity index (χ1n) is 8.38. The van der Waals surface area contributed by atoms with Crippen LogP contribution in [-0.4, -0.2) is 26.4 Å². The third-order valence-electron chi connectivity index (χ3n) is 4.02. The number of ether oxygens (including phenoxy) is 1. The number of hydrogen-bond donors (Lipinski definition) is 2. The predicted octanol–water partition coefficient (Wildman–Crippen LogP) is 3.45. The van der Waals surface area contributed by atoms with Crippen molar-refractivity contribution in [3.63, 3.8) is 0 Å². The molecule has 7 nitrogen and oxygen atoms in total. The molecular weight excluding hydrogens is 378 g/mol. The van der Waals surface area contributed by atoms with Crippen LogP contribution in [0.3, 0.4) is 0 Å². The van der Waals surface area contributed by atoms with Crippen molar-refractivity contribution in [3.8, 4) is 5.75 Å². The number of methoxy groups -OCH3 is 1. The van der Waals surface area contributed by atoms with Gasteiger partial charge in [0.15, 0.2) is 0 Å². The van der Waals surface area contributed by atoms with E-state index in [9.17, 15) is 13.2 Å². The van der Waals surface area contributed by atoms with Crippen LogP contribution in [0.5, 0.6) is 5.75 Å². The summed E-state index contributed by atoms with van der Waals surface area (Å²) in [6.07, 6.45) is 2.75. The molecule has 1 aromatic heterocycles. The van der Waals surface area contributed by atoms with Crippen LogP contribution in [0.4, 0.5) is 11.4 Å². The Balaban J connectivity index is 1.89. The number of aryl methyl sites for hydroxylation is 1. The molecule has 0 aliphatic rings. The Morgan fingerprint density at radius 3 is 2.43 bits per heavy atom. The molecule has 3 aromatic rings. The fourth-order valence-electron chi connectivity index (χ4n) is 2.57. The molecule has 0 spiro atoms. The van der Waals surface area contributed by atoms with Gasteiger partial charge in [0.1, 0.15) is 10.6 Å². The topological polar surface area (TPSA) is 97.4 Å². The molecule has 0 aliphatic heterocycles. The molecule has 0 saturated heterocycles. The third kappa shape index (κ3) is 4.29. The van der Waals surface area contributed by atoms with Gasteiger partial charge >= 0.3 is 0 Å². The number of aromatic nitrogens is 1. The van der Waals surface area contributed by atoms with Gasteiger partial charge in [-0.3, -0.25) is 14.5 Å². The average molecular weight is 397 g/mol. The zero-order valence-electron chi connectivity index (χ0n) is 15.3. The van der Waals surface area contributed by atoms with Gasteiger partial charge < -0.3 is 10.1 Å². The normalized spacial score (nSPS) is 10.9. The quantitative estimate of drug-likeness (QED) is 0.664. The minimum absolute atomic E-state index is 0.0381. The number of sulfonamides is 1. The minimum Gasteiger partial charge on any atom is -0.494 e. The summed E-state index contributed by atoms with van der Waals surface area (Å²) in [7, 11) is -2.40. The van der Waals surface area contributed by atoms with Crippen LogP contribution in [0.2, 0.25) is 0 Å². The SMILES string of the molecule is COc1cc(NC(=O)c2ccccc2)c(C)cc1NS(=O)(=O)c1cccnc1. The maximum absolute atomic E-state index is 12.6. The van der Waals surface area contributed by atoms with Crippen molar-refractivity contribution >= 4 is 27.3 Å². The lowest BCUT2D eigenvalue weighted by molar-refractivity contribution is 0.102. The number of nitrogens with one attached hydrogen (secondary N) is 2. The van der Waals surface area contributed by atoms with Gasteiger partial charge in [-0.2, -0.15) is 0 Å². The van der Waals surface area contributed by atoms with Gasteiger partial charge in [-0.25, -0.2) is 8.42 Å². The van der Waals surface area contributed by atoms with E-state index in [0.717, 1.165) is 0 Å². The van der Waals surface area contributed by atoms with Crippen molar-refractivity contribution < 1.29 is 17.9 Å². The van der Waals surface area contributed by atoms with Gasteiger partial charge in [-0.1, -0.05) is 18.2 Å². The summed E-state index contributed by atoms with van der Waals surface area (Å²) in [5.74, 6) is 0.0101. The van der Waals surface area contributed by atoms with Crippen molar-refractivity contribution in [1.82, 2.24) is 4.98 Å². The lowest BCUT2D eigenvalue weighted by Gasteiger charge is -2.16. The molecule has 0 atom stereocenters. The minimum atomic E-state index is -3.82. The monoisotopic (exact) mass is 397 g/mol. The number of hydrogen-bond acceptors (Lipinski definition) is 5. The maximum atomic E-state index is 12.6. The molecule has 28 heavy (non-hydrogen) atoms. The highest BCUT2D eigenvalue weighted by molar-refractivity contribution is 7.92. The Bertz CT molecular complexity index is 1090. The van der Waals surface area contributed by atoms with Crippen molar-refractivity contribution in [2.24, 2.45) is 0 Å². The zero-order valence-corrected chi connectivity index (χ0v) is 16.2. The maximum Gasteiger partial charge on any atom is 0.263 e. The largest absolute Gasteiger partial charge is 0.494 e. The van der Waals surface area contributed by atoms with Crippen LogP contribution in [-0.2, 0) is 10.0 Å². The Labute approximate surface area is 163 Å². The van der Waals surface area contributed by atoms with Crippen molar-refractivity contribution in [3.05, 3.63) is 78.1 Å². The van der Waals surface area contributed by atoms with Gasteiger partial charge in [0.25, 0.3) is 15.9 Å². The highest BCUT2D eigenvalue weighted by Gasteiger charge is 2.18. The molecule has 2 N–H and O–H groups in total. The second kappa shape index (κ2) is 8.10. The Kier molecular flexibility index (Phi) is 5.60. The summed E-state index contributed by atoms with van der Waals surface area (Å²) in [6, 6.07) is 15.0. The van der Waals surface area contributed by atoms with Crippen LogP contribution < -0.4 is 14.8 Å². The average Bonchev–Trinajstić information content (AvgIpc) is 2.71. The molecule has 144 valence electrons. The van der Waals surface area contributed by atoms with Crippen LogP contribution in [0, 0.1) is 6.92 Å². The van der Waals surface area contributed by atoms with E-state index in [4.69, 9.17) is 4.74 Å². The second-order valence-electron chi connectivity index (χ2n) is 5.98. The van der Waals surface area contributed by atoms with Gasteiger partial charge in [-0.05, 0) is 42.8 Å². The second-order valence-corrected chi connectivity index (χ2v) is 7.66. The van der Waals surface area contributed by atoms with Gasteiger partial charge in [0, 0.05) is 29.7 Å². The summed E-state index contributed by atoms with van der Waals surface area (Å²) in [6.45, 7) is 1.77. The Morgan fingerprint density at radius 2 is 1.79 bits per heavy atom. The van der Waals surface area contributed by atoms with E-state index in [-0.39, 0.29) is 22.2 Å². The molecule has 0 unspecified atom stereocenters. The molecule has 1 heterocycles. The van der Waals surface area contributed by atoms with E-state index < -0.39 is 10.0 Å². The number of carbonyl (C=O) groups excluding carboxylic acids is 1. The Morgan fingerprint density at radius 1 is 1.04 bits per heavy atom. The summed E-state index contributed by atoms with van der Waals surface area (Å²) in [5, 5.41) is 2.82. The first-order valence-corrected chi connectivity index (χ1v) is 9.87. The number of anilines is 2. The number of carbonyl (C=O) groups is 1. The van der Waals surface area contributed by atoms with Gasteiger partial charge in [-0.15, -0.1) is 0 Å². The van der Waals surface area contributed by atoms with E-state index in [1.807, 2.05) is 6.07 Å². The van der Waals surface area contributed by atoms with E-state index >= 15 is 0 Å². The fraction of sp³-hybridized carbons (Fsp3) is 0.100. The van der Waals surface area contributed by atoms with Crippen LogP contribution in [0.1, 0.15) is 15.9 Å². The molecule has 0 bridgehead atoms. The van der Waals surface area contributed by atoms with Crippen LogP contribution >= 0.6 is 0 Å². The van der Waals surface area contributed by atoms with E-state index in [1.165, 1.54) is 25.6 Å². The summed E-state index contributed by atoms with van der Waals surface area (Å²) in [4.78, 5) is 16.3. The zero-order chi connectivity index (χ0) is 20.1. The first kappa shape index (κ1) is 19.4. The fourth-order valence-corrected chi connectivity index (χ4v) is 3.59. The Hall–Kier alpha value is -3.39. The molecule has 8 heteroatoms. The van der Waals surface area contributed by atoms with E-state index in [2.05, 4.69) is 15.0 Å². The van der Waals surface area contributed by atoms with Gasteiger partial charge in [0.2, 0.25) is 0 Å². The van der Waals surface area contributed by atoms with Crippen LogP contribution in [0.25, 0.3) is 0 Å². The van der Waals surface area contributed by atoms with E-state index in [0.29, 0.717) is 16.8 Å². The smallest absolute Gasteiger partial charge is 0.263 e. The standard InChI is InChI=1S/C20H19N3O4S/c1-14-11-18(23-28(25,26)16-9-6-10-21-13-16)19(27-2)12-17(14)22-20(24)15-7-4-3-5-8-15/h3-13,23H,1-2H3,(H,22,24). The third-order valence-corrected chi connectivity index (χ3v) is 5.37. The number of benzene rings is 2. The summed E-state index contributed by atoms with van der Waals surface area (Å²) < 4.78 is 32.9. The highest BCUT2D eigenvalue weighted by Crippen LogP contribution is 2.33. The number of amides is 1. The van der Waals surface area contributed by atoms with E-state index in [1.54, 1.807) is 49.4 Å². The lowest BCUT2D eigenvalue weighted by atomic mass is 10.1. The molecule has 1 amide bonds. The number of rotatable bonds is 6. The molecule has 0 radical (unpaired) electrons. The van der Waals surface area contributed by atoms with Crippen LogP contribution in [0.15, 0.2) is 71.9 Å². The number of nitrogens with zero attached hydrogens (tertiary/aromatic N) is 1.